The molecule has 1 unspecified atom stereocenters. The summed E-state index contributed by atoms with van der Waals surface area (Å²) in [7, 11) is 1.87. The minimum Gasteiger partial charge on any atom is -0.373 e. The maximum absolute atomic E-state index is 6.06. The van der Waals surface area contributed by atoms with Gasteiger partial charge in [0.05, 0.1) is 56.7 Å². The summed E-state index contributed by atoms with van der Waals surface area (Å²) >= 11 is 0. The van der Waals surface area contributed by atoms with Crippen LogP contribution in [-0.4, -0.2) is 99.8 Å². The van der Waals surface area contributed by atoms with Gasteiger partial charge in [0.2, 0.25) is 11.6 Å². The second-order valence-corrected chi connectivity index (χ2v) is 10.4. The Hall–Kier alpha value is -4.34. The minimum absolute atomic E-state index is 0.0935. The van der Waals surface area contributed by atoms with E-state index < -0.39 is 0 Å². The molecule has 2 saturated heterocycles. The topological polar surface area (TPSA) is 149 Å². The van der Waals surface area contributed by atoms with Gasteiger partial charge in [-0.05, 0) is 19.3 Å². The largest absolute Gasteiger partial charge is 0.373 e. The van der Waals surface area contributed by atoms with E-state index >= 15 is 0 Å². The monoisotopic (exact) mass is 572 g/mol. The zero-order valence-corrected chi connectivity index (χ0v) is 23.4. The van der Waals surface area contributed by atoms with Crippen molar-refractivity contribution in [1.82, 2.24) is 54.5 Å². The Labute approximate surface area is 241 Å². The summed E-state index contributed by atoms with van der Waals surface area (Å²) in [4.78, 5) is 20.6. The lowest BCUT2D eigenvalue weighted by atomic mass is 10.2. The van der Waals surface area contributed by atoms with Crippen LogP contribution >= 0.6 is 0 Å². The zero-order valence-electron chi connectivity index (χ0n) is 23.4. The van der Waals surface area contributed by atoms with Crippen LogP contribution < -0.4 is 4.90 Å². The highest BCUT2D eigenvalue weighted by atomic mass is 16.7. The van der Waals surface area contributed by atoms with Crippen molar-refractivity contribution in [2.45, 2.75) is 44.7 Å². The lowest BCUT2D eigenvalue weighted by Gasteiger charge is -2.32. The van der Waals surface area contributed by atoms with E-state index in [4.69, 9.17) is 19.2 Å². The van der Waals surface area contributed by atoms with E-state index in [1.165, 1.54) is 0 Å². The van der Waals surface area contributed by atoms with Gasteiger partial charge in [0.15, 0.2) is 11.9 Å². The van der Waals surface area contributed by atoms with Gasteiger partial charge in [-0.2, -0.15) is 10.2 Å². The van der Waals surface area contributed by atoms with E-state index in [-0.39, 0.29) is 12.4 Å². The van der Waals surface area contributed by atoms with Crippen LogP contribution in [0.15, 0.2) is 43.4 Å². The van der Waals surface area contributed by atoms with Gasteiger partial charge in [-0.25, -0.2) is 24.6 Å². The van der Waals surface area contributed by atoms with Crippen LogP contribution in [0.4, 0.5) is 5.95 Å². The molecule has 2 aliphatic rings. The molecular weight excluding hydrogens is 540 g/mol. The Morgan fingerprint density at radius 3 is 2.67 bits per heavy atom. The summed E-state index contributed by atoms with van der Waals surface area (Å²) in [6.45, 7) is 4.33. The van der Waals surface area contributed by atoms with E-state index in [0.29, 0.717) is 62.3 Å². The molecule has 218 valence electrons. The second-order valence-electron chi connectivity index (χ2n) is 10.4. The van der Waals surface area contributed by atoms with Gasteiger partial charge < -0.3 is 19.1 Å². The standard InChI is InChI=1S/C27H32N12O3/c1-36-15-21(13-31-36)23-14-28-25-26(33-23)39(35-34-25)18-22-17-37(5-8-40-22)27-29-10-19(11-30-27)20-12-32-38(16-20)6-9-42-24-4-2-3-7-41-24/h10-16,22,24H,2-9,17-18H2,1H3/t22-,24?/m0/s1. The van der Waals surface area contributed by atoms with Crippen LogP contribution in [0, 0.1) is 0 Å². The van der Waals surface area contributed by atoms with Gasteiger partial charge in [-0.3, -0.25) is 9.36 Å². The lowest BCUT2D eigenvalue weighted by Crippen LogP contribution is -2.45. The van der Waals surface area contributed by atoms with Crippen LogP contribution in [0.25, 0.3) is 33.7 Å². The molecule has 0 aromatic carbocycles. The van der Waals surface area contributed by atoms with Crippen molar-refractivity contribution in [3.05, 3.63) is 43.4 Å². The van der Waals surface area contributed by atoms with E-state index in [1.54, 1.807) is 21.8 Å². The molecule has 0 bridgehead atoms. The molecule has 2 fully saturated rings. The molecule has 0 aliphatic carbocycles. The van der Waals surface area contributed by atoms with Gasteiger partial charge in [-0.1, -0.05) is 5.21 Å². The molecule has 0 radical (unpaired) electrons. The van der Waals surface area contributed by atoms with Crippen molar-refractivity contribution >= 4 is 17.2 Å². The molecule has 0 spiro atoms. The maximum atomic E-state index is 6.06. The Morgan fingerprint density at radius 2 is 1.83 bits per heavy atom. The first-order valence-electron chi connectivity index (χ1n) is 14.2. The summed E-state index contributed by atoms with van der Waals surface area (Å²) in [5, 5.41) is 17.2. The molecule has 5 aromatic rings. The van der Waals surface area contributed by atoms with Crippen molar-refractivity contribution in [2.24, 2.45) is 7.05 Å². The highest BCUT2D eigenvalue weighted by Gasteiger charge is 2.25. The SMILES string of the molecule is Cn1cc(-c2cnc3nnn(C[C@@H]4CN(c5ncc(-c6cnn(CCOC7CCCCO7)c6)cn5)CCO4)c3n2)cn1. The molecule has 7 rings (SSSR count). The van der Waals surface area contributed by atoms with E-state index in [0.717, 1.165) is 42.6 Å². The Morgan fingerprint density at radius 1 is 0.929 bits per heavy atom. The maximum Gasteiger partial charge on any atom is 0.225 e. The second kappa shape index (κ2) is 11.9. The van der Waals surface area contributed by atoms with Gasteiger partial charge in [-0.15, -0.1) is 5.10 Å². The third kappa shape index (κ3) is 5.84. The normalized spacial score (nSPS) is 19.5. The van der Waals surface area contributed by atoms with Crippen molar-refractivity contribution in [1.29, 1.82) is 0 Å². The fraction of sp³-hybridized carbons (Fsp3) is 0.481. The molecule has 15 heteroatoms. The summed E-state index contributed by atoms with van der Waals surface area (Å²) in [5.74, 6) is 0.655. The van der Waals surface area contributed by atoms with Crippen LogP contribution in [0.2, 0.25) is 0 Å². The van der Waals surface area contributed by atoms with E-state index in [9.17, 15) is 0 Å². The minimum atomic E-state index is -0.143. The quantitative estimate of drug-likeness (QED) is 0.253. The van der Waals surface area contributed by atoms with Gasteiger partial charge in [0, 0.05) is 68.2 Å². The predicted octanol–water partition coefficient (Wildman–Crippen LogP) is 1.72. The highest BCUT2D eigenvalue weighted by Crippen LogP contribution is 2.21. The average molecular weight is 573 g/mol. The number of fused-ring (bicyclic) bond motifs is 1. The fourth-order valence-corrected chi connectivity index (χ4v) is 5.16. The smallest absolute Gasteiger partial charge is 0.225 e. The molecule has 2 atom stereocenters. The first kappa shape index (κ1) is 26.6. The van der Waals surface area contributed by atoms with Crippen LogP contribution in [0.1, 0.15) is 19.3 Å². The average Bonchev–Trinajstić information content (AvgIpc) is 3.78. The van der Waals surface area contributed by atoms with E-state index in [2.05, 4.69) is 40.4 Å². The number of aryl methyl sites for hydroxylation is 1. The Kier molecular flexibility index (Phi) is 7.51. The first-order chi connectivity index (χ1) is 20.7. The number of anilines is 1. The fourth-order valence-electron chi connectivity index (χ4n) is 5.16. The molecule has 15 nitrogen and oxygen atoms in total. The van der Waals surface area contributed by atoms with Crippen molar-refractivity contribution in [3.63, 3.8) is 0 Å². The summed E-state index contributed by atoms with van der Waals surface area (Å²) < 4.78 is 22.9. The molecule has 0 amide bonds. The number of rotatable bonds is 9. The number of nitrogens with zero attached hydrogens (tertiary/aromatic N) is 12. The van der Waals surface area contributed by atoms with Crippen molar-refractivity contribution < 1.29 is 14.2 Å². The number of morpholine rings is 1. The summed E-state index contributed by atoms with van der Waals surface area (Å²) in [6.07, 6.45) is 15.8. The molecule has 0 saturated carbocycles. The van der Waals surface area contributed by atoms with Gasteiger partial charge in [0.1, 0.15) is 0 Å². The van der Waals surface area contributed by atoms with Gasteiger partial charge >= 0.3 is 0 Å². The van der Waals surface area contributed by atoms with Crippen LogP contribution in [0.5, 0.6) is 0 Å². The Bertz CT molecular complexity index is 1620. The third-order valence-corrected chi connectivity index (χ3v) is 7.39. The predicted molar refractivity (Wildman–Crippen MR) is 150 cm³/mol. The molecule has 0 N–H and O–H groups in total. The molecule has 2 aliphatic heterocycles. The number of ether oxygens (including phenoxy) is 3. The number of hydrogen-bond acceptors (Lipinski definition) is 12. The molecular formula is C27H32N12O3. The van der Waals surface area contributed by atoms with Crippen molar-refractivity contribution in [3.8, 4) is 22.4 Å². The van der Waals surface area contributed by atoms with Crippen molar-refractivity contribution in [2.75, 3.05) is 37.8 Å². The lowest BCUT2D eigenvalue weighted by molar-refractivity contribution is -0.163. The molecule has 7 heterocycles. The summed E-state index contributed by atoms with van der Waals surface area (Å²) in [6, 6.07) is 0. The number of aromatic nitrogens is 11. The highest BCUT2D eigenvalue weighted by molar-refractivity contribution is 5.69. The van der Waals surface area contributed by atoms with E-state index in [1.807, 2.05) is 42.7 Å². The third-order valence-electron chi connectivity index (χ3n) is 7.39. The van der Waals surface area contributed by atoms with Crippen LogP contribution in [-0.2, 0) is 34.3 Å². The number of hydrogen-bond donors (Lipinski definition) is 0. The Balaban J connectivity index is 0.970. The van der Waals surface area contributed by atoms with Crippen LogP contribution in [0.3, 0.4) is 0 Å². The van der Waals surface area contributed by atoms with Gasteiger partial charge in [0.25, 0.3) is 0 Å². The molecule has 42 heavy (non-hydrogen) atoms. The zero-order chi connectivity index (χ0) is 28.3. The molecule has 5 aromatic heterocycles. The first-order valence-corrected chi connectivity index (χ1v) is 14.2. The summed E-state index contributed by atoms with van der Waals surface area (Å²) in [5.41, 5.74) is 4.55.